The topological polar surface area (TPSA) is 80.3 Å². The average molecular weight is 975 g/mol. The van der Waals surface area contributed by atoms with Gasteiger partial charge in [-0.3, -0.25) is 9.59 Å². The van der Waals surface area contributed by atoms with E-state index in [1.165, 1.54) is 12.0 Å². The van der Waals surface area contributed by atoms with Crippen molar-refractivity contribution in [1.29, 1.82) is 0 Å². The highest BCUT2D eigenvalue weighted by molar-refractivity contribution is 7.48. The number of rotatable bonds is 18. The molecular formula is C60H80O7P2. The van der Waals surface area contributed by atoms with E-state index in [2.05, 4.69) is 108 Å². The number of ketones is 1. The van der Waals surface area contributed by atoms with Crippen LogP contribution in [-0.4, -0.2) is 18.2 Å². The molecule has 0 saturated heterocycles. The smallest absolute Gasteiger partial charge is 0.438 e. The minimum absolute atomic E-state index is 0.125. The van der Waals surface area contributed by atoms with Crippen LogP contribution in [-0.2, 0) is 10.8 Å². The molecule has 0 aliphatic rings. The molecule has 5 rings (SSSR count). The summed E-state index contributed by atoms with van der Waals surface area (Å²) in [6.07, 6.45) is 10.1. The number of aryl methyl sites for hydroxylation is 1. The monoisotopic (exact) mass is 975 g/mol. The van der Waals surface area contributed by atoms with Gasteiger partial charge < -0.3 is 22.6 Å². The first-order valence-corrected chi connectivity index (χ1v) is 26.8. The number of carbonyl (C=O) groups excluding carboxylic acids is 2. The lowest BCUT2D eigenvalue weighted by atomic mass is 9.86. The molecule has 0 radical (unpaired) electrons. The van der Waals surface area contributed by atoms with E-state index in [4.69, 9.17) is 22.6 Å². The fraction of sp³-hybridized carbons (Fsp3) is 0.400. The van der Waals surface area contributed by atoms with Gasteiger partial charge in [-0.2, -0.15) is 0 Å². The van der Waals surface area contributed by atoms with Crippen LogP contribution >= 0.6 is 17.0 Å². The number of carbonyl (C=O) groups is 2. The number of hydrogen-bond acceptors (Lipinski definition) is 7. The quantitative estimate of drug-likeness (QED) is 0.0374. The van der Waals surface area contributed by atoms with Crippen LogP contribution in [0.4, 0.5) is 0 Å². The third-order valence-corrected chi connectivity index (χ3v) is 13.0. The maximum atomic E-state index is 14.9. The van der Waals surface area contributed by atoms with Gasteiger partial charge in [-0.1, -0.05) is 200 Å². The molecule has 0 aliphatic heterocycles. The first-order chi connectivity index (χ1) is 32.6. The number of allylic oxidation sites excluding steroid dienone is 4. The Hall–Kier alpha value is -5.22. The average Bonchev–Trinajstić information content (AvgIpc) is 3.28. The summed E-state index contributed by atoms with van der Waals surface area (Å²) in [4.78, 5) is 27.5. The molecular weight excluding hydrogens is 895 g/mol. The standard InChI is InChI=1S/C46H52O7P2.C12H22.C2H6/c1-11-54(49-38-26-16-13-23-35(38)45(5,6)7)50-41-29-19-21-33(30-47)43(41)44(48)42-32(4)20-18-28-40(42)53-55(51-37-25-15-12-22-34(37)31(2)3)52-39-27-17-14-24-36(39)46(8,9)10;1-6-7-8-9-11(2)10-12(3,4)5;1-2/h12-31H,11H2,1-10H3;6-7,9H,8,10H2,1-5H3;1-2H3/b;7-6-,11-9-;. The van der Waals surface area contributed by atoms with E-state index < -0.39 is 22.8 Å². The summed E-state index contributed by atoms with van der Waals surface area (Å²) in [5.74, 6) is 2.21. The van der Waals surface area contributed by atoms with Crippen LogP contribution < -0.4 is 22.6 Å². The molecule has 0 fully saturated rings. The van der Waals surface area contributed by atoms with Crippen LogP contribution in [0.25, 0.3) is 0 Å². The molecule has 7 nitrogen and oxygen atoms in total. The van der Waals surface area contributed by atoms with E-state index in [0.717, 1.165) is 28.9 Å². The Morgan fingerprint density at radius 2 is 1.09 bits per heavy atom. The van der Waals surface area contributed by atoms with Crippen molar-refractivity contribution < 1.29 is 32.2 Å². The molecule has 0 heterocycles. The Morgan fingerprint density at radius 1 is 0.623 bits per heavy atom. The van der Waals surface area contributed by atoms with Gasteiger partial charge in [0.05, 0.1) is 11.1 Å². The lowest BCUT2D eigenvalue weighted by Crippen LogP contribution is -2.15. The zero-order valence-corrected chi connectivity index (χ0v) is 46.4. The fourth-order valence-electron chi connectivity index (χ4n) is 7.45. The molecule has 5 aromatic carbocycles. The van der Waals surface area contributed by atoms with Crippen LogP contribution in [0, 0.1) is 12.3 Å². The van der Waals surface area contributed by atoms with Gasteiger partial charge in [0.1, 0.15) is 28.7 Å². The van der Waals surface area contributed by atoms with Crippen molar-refractivity contribution in [3.05, 3.63) is 172 Å². The van der Waals surface area contributed by atoms with Crippen molar-refractivity contribution in [3.63, 3.8) is 0 Å². The maximum Gasteiger partial charge on any atom is 0.530 e. The van der Waals surface area contributed by atoms with Crippen LogP contribution in [0.1, 0.15) is 178 Å². The molecule has 0 spiro atoms. The molecule has 0 saturated carbocycles. The SMILES string of the molecule is C/C=C\C/C=C(/C)CC(C)(C)C.CC.CCP(Oc1ccccc1C(C)(C)C)Oc1cccc(C=O)c1C(=O)c1c(C)cccc1OP(Oc1ccccc1C(C)C)Oc1ccccc1C(C)(C)C. The normalized spacial score (nSPS) is 12.8. The van der Waals surface area contributed by atoms with Crippen molar-refractivity contribution in [1.82, 2.24) is 0 Å². The molecule has 0 bridgehead atoms. The van der Waals surface area contributed by atoms with Crippen LogP contribution in [0.5, 0.6) is 28.7 Å². The summed E-state index contributed by atoms with van der Waals surface area (Å²) in [6.45, 7) is 35.9. The van der Waals surface area contributed by atoms with Gasteiger partial charge in [-0.15, -0.1) is 0 Å². The highest BCUT2D eigenvalue weighted by atomic mass is 31.2. The van der Waals surface area contributed by atoms with E-state index in [-0.39, 0.29) is 44.9 Å². The molecule has 372 valence electrons. The Morgan fingerprint density at radius 3 is 1.61 bits per heavy atom. The second-order valence-corrected chi connectivity index (χ2v) is 22.9. The first-order valence-electron chi connectivity index (χ1n) is 24.3. The summed E-state index contributed by atoms with van der Waals surface area (Å²) < 4.78 is 32.9. The van der Waals surface area contributed by atoms with Crippen LogP contribution in [0.15, 0.2) is 133 Å². The van der Waals surface area contributed by atoms with Crippen LogP contribution in [0.3, 0.4) is 0 Å². The number of para-hydroxylation sites is 3. The van der Waals surface area contributed by atoms with Gasteiger partial charge in [0.15, 0.2) is 6.29 Å². The summed E-state index contributed by atoms with van der Waals surface area (Å²) in [5, 5.41) is 0. The highest BCUT2D eigenvalue weighted by Crippen LogP contribution is 2.49. The van der Waals surface area contributed by atoms with E-state index in [1.807, 2.05) is 113 Å². The number of aldehydes is 1. The molecule has 5 aromatic rings. The van der Waals surface area contributed by atoms with Gasteiger partial charge in [0.25, 0.3) is 8.38 Å². The summed E-state index contributed by atoms with van der Waals surface area (Å²) in [5.41, 5.74) is 5.78. The Labute approximate surface area is 419 Å². The van der Waals surface area contributed by atoms with Gasteiger partial charge in [-0.05, 0) is 103 Å². The molecule has 69 heavy (non-hydrogen) atoms. The molecule has 2 atom stereocenters. The lowest BCUT2D eigenvalue weighted by molar-refractivity contribution is 0.102. The molecule has 0 amide bonds. The Balaban J connectivity index is 0.000000785. The van der Waals surface area contributed by atoms with Crippen molar-refractivity contribution in [2.24, 2.45) is 5.41 Å². The van der Waals surface area contributed by atoms with Gasteiger partial charge >= 0.3 is 8.60 Å². The van der Waals surface area contributed by atoms with Gasteiger partial charge in [0.2, 0.25) is 5.78 Å². The highest BCUT2D eigenvalue weighted by Gasteiger charge is 2.31. The molecule has 9 heteroatoms. The van der Waals surface area contributed by atoms with Crippen LogP contribution in [0.2, 0.25) is 0 Å². The van der Waals surface area contributed by atoms with E-state index in [9.17, 15) is 9.59 Å². The van der Waals surface area contributed by atoms with Crippen molar-refractivity contribution >= 4 is 29.0 Å². The number of benzene rings is 5. The zero-order valence-electron chi connectivity index (χ0n) is 44.7. The zero-order chi connectivity index (χ0) is 51.5. The first kappa shape index (κ1) is 58.1. The lowest BCUT2D eigenvalue weighted by Gasteiger charge is -2.26. The second-order valence-electron chi connectivity index (χ2n) is 20.2. The summed E-state index contributed by atoms with van der Waals surface area (Å²) >= 11 is 0. The van der Waals surface area contributed by atoms with E-state index in [1.54, 1.807) is 24.3 Å². The molecule has 0 aromatic heterocycles. The van der Waals surface area contributed by atoms with Gasteiger partial charge in [-0.25, -0.2) is 0 Å². The molecule has 0 N–H and O–H groups in total. The molecule has 2 unspecified atom stereocenters. The minimum Gasteiger partial charge on any atom is -0.438 e. The van der Waals surface area contributed by atoms with E-state index in [0.29, 0.717) is 34.9 Å². The predicted molar refractivity (Wildman–Crippen MR) is 293 cm³/mol. The fourth-order valence-corrected chi connectivity index (χ4v) is 9.57. The minimum atomic E-state index is -2.16. The second kappa shape index (κ2) is 27.2. The summed E-state index contributed by atoms with van der Waals surface area (Å²) in [6, 6.07) is 33.9. The van der Waals surface area contributed by atoms with Crippen molar-refractivity contribution in [2.75, 3.05) is 6.16 Å². The Bertz CT molecular complexity index is 2460. The predicted octanol–water partition coefficient (Wildman–Crippen LogP) is 18.7. The third kappa shape index (κ3) is 17.9. The molecule has 0 aliphatic carbocycles. The van der Waals surface area contributed by atoms with Crippen molar-refractivity contribution in [3.8, 4) is 28.7 Å². The summed E-state index contributed by atoms with van der Waals surface area (Å²) in [7, 11) is -3.71. The van der Waals surface area contributed by atoms with E-state index >= 15 is 0 Å². The maximum absolute atomic E-state index is 14.9. The third-order valence-electron chi connectivity index (χ3n) is 10.6. The largest absolute Gasteiger partial charge is 0.530 e. The van der Waals surface area contributed by atoms with Crippen molar-refractivity contribution in [2.45, 2.75) is 147 Å². The van der Waals surface area contributed by atoms with Gasteiger partial charge in [0, 0.05) is 17.3 Å². The Kier molecular flexibility index (Phi) is 22.9. The number of hydrogen-bond donors (Lipinski definition) is 0.